The average Bonchev–Trinajstić information content (AvgIpc) is 2.81. The van der Waals surface area contributed by atoms with E-state index in [1.54, 1.807) is 27.7 Å². The van der Waals surface area contributed by atoms with E-state index < -0.39 is 56.7 Å². The van der Waals surface area contributed by atoms with Crippen LogP contribution >= 0.6 is 0 Å². The van der Waals surface area contributed by atoms with Crippen molar-refractivity contribution in [2.45, 2.75) is 91.2 Å². The van der Waals surface area contributed by atoms with E-state index in [1.807, 2.05) is 0 Å². The van der Waals surface area contributed by atoms with Gasteiger partial charge in [0.1, 0.15) is 6.73 Å². The van der Waals surface area contributed by atoms with E-state index in [1.165, 1.54) is 7.11 Å². The van der Waals surface area contributed by atoms with Crippen LogP contribution in [0.3, 0.4) is 0 Å². The highest BCUT2D eigenvalue weighted by atomic mass is 32.2. The first-order chi connectivity index (χ1) is 16.7. The number of aliphatic hydroxyl groups is 1. The maximum Gasteiger partial charge on any atom is 0.311 e. The number of aliphatic hydroxyl groups excluding tert-OH is 1. The normalized spacial score (nSPS) is 21.2. The monoisotopic (exact) mass is 535 g/mol. The lowest BCUT2D eigenvalue weighted by molar-refractivity contribution is -0.163. The van der Waals surface area contributed by atoms with Gasteiger partial charge in [-0.15, -0.1) is 0 Å². The van der Waals surface area contributed by atoms with E-state index >= 15 is 0 Å². The summed E-state index contributed by atoms with van der Waals surface area (Å²) < 4.78 is 40.3. The first-order valence-corrected chi connectivity index (χ1v) is 14.2. The Labute approximate surface area is 215 Å². The van der Waals surface area contributed by atoms with Crippen LogP contribution in [0.2, 0.25) is 0 Å². The van der Waals surface area contributed by atoms with Gasteiger partial charge in [-0.1, -0.05) is 13.8 Å². The van der Waals surface area contributed by atoms with Crippen molar-refractivity contribution in [2.24, 2.45) is 22.7 Å². The van der Waals surface area contributed by atoms with Crippen molar-refractivity contribution in [3.63, 3.8) is 0 Å². The Kier molecular flexibility index (Phi) is 12.8. The van der Waals surface area contributed by atoms with Crippen LogP contribution in [-0.2, 0) is 38.2 Å². The largest absolute Gasteiger partial charge is 0.469 e. The van der Waals surface area contributed by atoms with Gasteiger partial charge < -0.3 is 19.9 Å². The summed E-state index contributed by atoms with van der Waals surface area (Å²) >= 11 is 0. The SMILES string of the molecule is CCC(CC(C)(CC(C)(C)C(=O)OC)C(=O)OCCCO)C(=O)NCOS(=O)(=O)C1CCC(C)CC1. The van der Waals surface area contributed by atoms with E-state index in [9.17, 15) is 22.8 Å². The van der Waals surface area contributed by atoms with Crippen LogP contribution in [0.4, 0.5) is 0 Å². The van der Waals surface area contributed by atoms with E-state index in [0.29, 0.717) is 25.2 Å². The summed E-state index contributed by atoms with van der Waals surface area (Å²) in [4.78, 5) is 38.3. The minimum atomic E-state index is -3.79. The Hall–Kier alpha value is -1.72. The fourth-order valence-corrected chi connectivity index (χ4v) is 6.13. The number of hydrogen-bond donors (Lipinski definition) is 2. The van der Waals surface area contributed by atoms with Gasteiger partial charge in [-0.3, -0.25) is 14.4 Å². The zero-order valence-electron chi connectivity index (χ0n) is 22.6. The smallest absolute Gasteiger partial charge is 0.311 e. The molecule has 2 unspecified atom stereocenters. The highest BCUT2D eigenvalue weighted by Gasteiger charge is 2.45. The molecule has 0 saturated heterocycles. The van der Waals surface area contributed by atoms with Crippen LogP contribution in [0.5, 0.6) is 0 Å². The number of carbonyl (C=O) groups excluding carboxylic acids is 3. The third-order valence-electron chi connectivity index (χ3n) is 7.00. The summed E-state index contributed by atoms with van der Waals surface area (Å²) in [5, 5.41) is 11.0. The van der Waals surface area contributed by atoms with Gasteiger partial charge in [0, 0.05) is 18.9 Å². The first kappa shape index (κ1) is 32.3. The predicted molar refractivity (Wildman–Crippen MR) is 134 cm³/mol. The Bertz CT molecular complexity index is 834. The number of ether oxygens (including phenoxy) is 2. The van der Waals surface area contributed by atoms with Gasteiger partial charge in [0.25, 0.3) is 10.1 Å². The van der Waals surface area contributed by atoms with Gasteiger partial charge in [0.2, 0.25) is 5.91 Å². The van der Waals surface area contributed by atoms with Crippen LogP contribution in [0, 0.1) is 22.7 Å². The summed E-state index contributed by atoms with van der Waals surface area (Å²) in [6, 6.07) is 0. The van der Waals surface area contributed by atoms with E-state index in [4.69, 9.17) is 18.8 Å². The minimum Gasteiger partial charge on any atom is -0.469 e. The Morgan fingerprint density at radius 2 is 1.69 bits per heavy atom. The lowest BCUT2D eigenvalue weighted by Crippen LogP contribution is -2.43. The lowest BCUT2D eigenvalue weighted by Gasteiger charge is -2.36. The molecule has 1 amide bonds. The second kappa shape index (κ2) is 14.3. The van der Waals surface area contributed by atoms with Gasteiger partial charge in [-0.2, -0.15) is 8.42 Å². The summed E-state index contributed by atoms with van der Waals surface area (Å²) in [5.41, 5.74) is -2.24. The predicted octanol–water partition coefficient (Wildman–Crippen LogP) is 2.92. The molecule has 2 atom stereocenters. The van der Waals surface area contributed by atoms with E-state index in [2.05, 4.69) is 12.2 Å². The van der Waals surface area contributed by atoms with Crippen LogP contribution in [-0.4, -0.2) is 63.7 Å². The Morgan fingerprint density at radius 3 is 2.22 bits per heavy atom. The molecule has 0 aromatic rings. The number of esters is 2. The third kappa shape index (κ3) is 9.63. The highest BCUT2D eigenvalue weighted by molar-refractivity contribution is 7.87. The number of nitrogens with one attached hydrogen (secondary N) is 1. The zero-order valence-corrected chi connectivity index (χ0v) is 23.4. The maximum absolute atomic E-state index is 13.1. The molecule has 11 heteroatoms. The number of carbonyl (C=O) groups is 3. The third-order valence-corrected chi connectivity index (χ3v) is 8.73. The zero-order chi connectivity index (χ0) is 27.6. The second-order valence-electron chi connectivity index (χ2n) is 10.8. The van der Waals surface area contributed by atoms with Crippen LogP contribution < -0.4 is 5.32 Å². The van der Waals surface area contributed by atoms with Crippen molar-refractivity contribution >= 4 is 28.0 Å². The molecule has 0 radical (unpaired) electrons. The Balaban J connectivity index is 2.89. The molecule has 210 valence electrons. The highest BCUT2D eigenvalue weighted by Crippen LogP contribution is 2.41. The summed E-state index contributed by atoms with van der Waals surface area (Å²) in [5.74, 6) is -1.68. The Morgan fingerprint density at radius 1 is 1.08 bits per heavy atom. The van der Waals surface area contributed by atoms with Crippen molar-refractivity contribution in [1.29, 1.82) is 0 Å². The minimum absolute atomic E-state index is 0.0121. The van der Waals surface area contributed by atoms with E-state index in [0.717, 1.165) is 12.8 Å². The number of methoxy groups -OCH3 is 1. The quantitative estimate of drug-likeness (QED) is 0.140. The fraction of sp³-hybridized carbons (Fsp3) is 0.880. The van der Waals surface area contributed by atoms with Crippen LogP contribution in [0.25, 0.3) is 0 Å². The number of rotatable bonds is 15. The van der Waals surface area contributed by atoms with Crippen molar-refractivity contribution in [3.8, 4) is 0 Å². The van der Waals surface area contributed by atoms with Crippen molar-refractivity contribution < 1.29 is 41.6 Å². The molecule has 1 aliphatic rings. The van der Waals surface area contributed by atoms with Gasteiger partial charge in [-0.25, -0.2) is 4.18 Å². The molecule has 1 aliphatic carbocycles. The van der Waals surface area contributed by atoms with Gasteiger partial charge in [-0.05, 0) is 71.6 Å². The number of amides is 1. The molecule has 0 spiro atoms. The van der Waals surface area contributed by atoms with Gasteiger partial charge in [0.05, 0.1) is 29.8 Å². The molecule has 1 saturated carbocycles. The summed E-state index contributed by atoms with van der Waals surface area (Å²) in [6.07, 6.45) is 3.52. The molecule has 0 aromatic carbocycles. The lowest BCUT2D eigenvalue weighted by atomic mass is 9.69. The molecule has 0 aliphatic heterocycles. The molecule has 0 heterocycles. The van der Waals surface area contributed by atoms with Crippen molar-refractivity contribution in [2.75, 3.05) is 27.1 Å². The van der Waals surface area contributed by atoms with Crippen LogP contribution in [0.1, 0.15) is 86.0 Å². The second-order valence-corrected chi connectivity index (χ2v) is 12.7. The molecule has 1 rings (SSSR count). The molecule has 1 fully saturated rings. The fourth-order valence-electron chi connectivity index (χ4n) is 4.86. The molecule has 36 heavy (non-hydrogen) atoms. The van der Waals surface area contributed by atoms with Gasteiger partial charge >= 0.3 is 11.9 Å². The standard InChI is InChI=1S/C25H45NO9S/c1-7-19(21(28)26-17-35-36(31,32)20-11-9-18(2)10-12-20)15-25(5,23(30)34-14-8-13-27)16-24(3,4)22(29)33-6/h18-20,27H,7-17H2,1-6H3,(H,26,28). The van der Waals surface area contributed by atoms with Gasteiger partial charge in [0.15, 0.2) is 0 Å². The molecule has 0 bridgehead atoms. The van der Waals surface area contributed by atoms with E-state index in [-0.39, 0.29) is 32.5 Å². The van der Waals surface area contributed by atoms with Crippen molar-refractivity contribution in [3.05, 3.63) is 0 Å². The maximum atomic E-state index is 13.1. The average molecular weight is 536 g/mol. The molecule has 10 nitrogen and oxygen atoms in total. The first-order valence-electron chi connectivity index (χ1n) is 12.7. The van der Waals surface area contributed by atoms with Crippen LogP contribution in [0.15, 0.2) is 0 Å². The molecule has 2 N–H and O–H groups in total. The molecule has 0 aromatic heterocycles. The summed E-state index contributed by atoms with van der Waals surface area (Å²) in [6.45, 7) is 8.23. The number of hydrogen-bond acceptors (Lipinski definition) is 9. The topological polar surface area (TPSA) is 145 Å². The summed E-state index contributed by atoms with van der Waals surface area (Å²) in [7, 11) is -2.52. The molecular formula is C25H45NO9S. The van der Waals surface area contributed by atoms with Crippen molar-refractivity contribution in [1.82, 2.24) is 5.32 Å². The molecular weight excluding hydrogens is 490 g/mol.